The summed E-state index contributed by atoms with van der Waals surface area (Å²) < 4.78 is 39.9. The van der Waals surface area contributed by atoms with E-state index in [0.717, 1.165) is 29.7 Å². The van der Waals surface area contributed by atoms with Crippen LogP contribution in [0.15, 0.2) is 18.2 Å². The Labute approximate surface area is 134 Å². The average molecular weight is 321 g/mol. The zero-order valence-corrected chi connectivity index (χ0v) is 13.1. The van der Waals surface area contributed by atoms with Gasteiger partial charge in [-0.3, -0.25) is 0 Å². The van der Waals surface area contributed by atoms with E-state index < -0.39 is 11.7 Å². The summed E-state index contributed by atoms with van der Waals surface area (Å²) >= 11 is 0. The molecule has 6 rings (SSSR count). The largest absolute Gasteiger partial charge is 0.418 e. The predicted octanol–water partition coefficient (Wildman–Crippen LogP) is 5.26. The van der Waals surface area contributed by atoms with Gasteiger partial charge in [-0.05, 0) is 79.7 Å². The number of hydrogen-bond acceptors (Lipinski definition) is 1. The molecule has 0 radical (unpaired) electrons. The van der Waals surface area contributed by atoms with E-state index in [0.29, 0.717) is 5.69 Å². The molecule has 23 heavy (non-hydrogen) atoms. The number of alkyl halides is 3. The number of benzene rings is 1. The van der Waals surface area contributed by atoms with Crippen LogP contribution in [-0.4, -0.2) is 6.04 Å². The number of rotatable bonds is 1. The van der Waals surface area contributed by atoms with E-state index in [2.05, 4.69) is 5.32 Å². The topological polar surface area (TPSA) is 12.0 Å². The van der Waals surface area contributed by atoms with Crippen LogP contribution in [0.2, 0.25) is 0 Å². The summed E-state index contributed by atoms with van der Waals surface area (Å²) in [6.07, 6.45) is 4.29. The van der Waals surface area contributed by atoms with Crippen molar-refractivity contribution < 1.29 is 13.2 Å². The van der Waals surface area contributed by atoms with Gasteiger partial charge < -0.3 is 5.32 Å². The molecule has 4 fully saturated rings. The molecule has 0 aromatic heterocycles. The van der Waals surface area contributed by atoms with Crippen molar-refractivity contribution in [2.24, 2.45) is 23.2 Å². The van der Waals surface area contributed by atoms with E-state index in [4.69, 9.17) is 0 Å². The van der Waals surface area contributed by atoms with Gasteiger partial charge in [0.1, 0.15) is 0 Å². The van der Waals surface area contributed by atoms with E-state index in [1.54, 1.807) is 6.07 Å². The van der Waals surface area contributed by atoms with E-state index in [-0.39, 0.29) is 11.5 Å². The van der Waals surface area contributed by atoms with Crippen molar-refractivity contribution in [2.45, 2.75) is 57.2 Å². The number of halogens is 3. The first-order valence-electron chi connectivity index (χ1n) is 8.89. The third kappa shape index (κ3) is 2.06. The highest BCUT2D eigenvalue weighted by atomic mass is 19.4. The van der Waals surface area contributed by atoms with Gasteiger partial charge in [0.2, 0.25) is 0 Å². The Bertz CT molecular complexity index is 613. The van der Waals surface area contributed by atoms with Crippen LogP contribution in [-0.2, 0) is 12.6 Å². The zero-order chi connectivity index (χ0) is 15.8. The summed E-state index contributed by atoms with van der Waals surface area (Å²) in [6, 6.07) is 4.85. The first-order valence-corrected chi connectivity index (χ1v) is 8.89. The Balaban J connectivity index is 1.48. The van der Waals surface area contributed by atoms with E-state index in [9.17, 15) is 13.2 Å². The van der Waals surface area contributed by atoms with Crippen LogP contribution < -0.4 is 5.32 Å². The van der Waals surface area contributed by atoms with Gasteiger partial charge in [-0.15, -0.1) is 0 Å². The number of anilines is 1. The number of para-hydroxylation sites is 1. The second kappa shape index (κ2) is 4.46. The molecule has 1 aromatic rings. The lowest BCUT2D eigenvalue weighted by molar-refractivity contribution is -0.137. The Morgan fingerprint density at radius 3 is 2.13 bits per heavy atom. The smallest absolute Gasteiger partial charge is 0.381 e. The van der Waals surface area contributed by atoms with Gasteiger partial charge in [-0.25, -0.2) is 0 Å². The highest BCUT2D eigenvalue weighted by Gasteiger charge is 2.55. The highest BCUT2D eigenvalue weighted by molar-refractivity contribution is 5.63. The first kappa shape index (κ1) is 14.2. The van der Waals surface area contributed by atoms with E-state index in [1.165, 1.54) is 44.6 Å². The van der Waals surface area contributed by atoms with Gasteiger partial charge in [-0.1, -0.05) is 12.1 Å². The molecule has 4 aliphatic carbocycles. The van der Waals surface area contributed by atoms with Crippen molar-refractivity contribution in [2.75, 3.05) is 5.32 Å². The summed E-state index contributed by atoms with van der Waals surface area (Å²) in [5, 5.41) is 3.35. The van der Waals surface area contributed by atoms with Crippen LogP contribution in [0.25, 0.3) is 0 Å². The third-order valence-electron chi connectivity index (χ3n) is 7.02. The summed E-state index contributed by atoms with van der Waals surface area (Å²) in [7, 11) is 0. The molecule has 0 amide bonds. The molecule has 124 valence electrons. The second-order valence-electron chi connectivity index (χ2n) is 8.52. The van der Waals surface area contributed by atoms with E-state index >= 15 is 0 Å². The Hall–Kier alpha value is -1.19. The molecular weight excluding hydrogens is 299 g/mol. The summed E-state index contributed by atoms with van der Waals surface area (Å²) in [6.45, 7) is 0. The van der Waals surface area contributed by atoms with Crippen LogP contribution in [0.3, 0.4) is 0 Å². The van der Waals surface area contributed by atoms with Crippen molar-refractivity contribution in [1.29, 1.82) is 0 Å². The number of hydrogen-bond donors (Lipinski definition) is 1. The Morgan fingerprint density at radius 2 is 1.57 bits per heavy atom. The molecule has 4 saturated carbocycles. The molecule has 5 aliphatic rings. The second-order valence-corrected chi connectivity index (χ2v) is 8.52. The predicted molar refractivity (Wildman–Crippen MR) is 83.2 cm³/mol. The summed E-state index contributed by atoms with van der Waals surface area (Å²) in [5.41, 5.74) is 0.986. The standard InChI is InChI=1S/C19H22F3N/c20-19(21,22)15-3-1-2-14-7-16(23-17(14)15)18-8-11-4-12(9-18)6-13(5-11)10-18/h1-3,11-13,16,23H,4-10H2. The third-order valence-corrected chi connectivity index (χ3v) is 7.02. The number of nitrogens with one attached hydrogen (secondary N) is 1. The fourth-order valence-corrected chi connectivity index (χ4v) is 6.60. The maximum atomic E-state index is 13.3. The minimum absolute atomic E-state index is 0.203. The summed E-state index contributed by atoms with van der Waals surface area (Å²) in [4.78, 5) is 0. The van der Waals surface area contributed by atoms with Gasteiger partial charge in [0.25, 0.3) is 0 Å². The average Bonchev–Trinajstić information content (AvgIpc) is 2.89. The molecule has 0 saturated heterocycles. The monoisotopic (exact) mass is 321 g/mol. The van der Waals surface area contributed by atoms with Crippen LogP contribution in [0.5, 0.6) is 0 Å². The SMILES string of the molecule is FC(F)(F)c1cccc2c1NC(C13CC4CC(CC(C4)C1)C3)C2. The minimum Gasteiger partial charge on any atom is -0.381 e. The lowest BCUT2D eigenvalue weighted by Crippen LogP contribution is -2.53. The minimum atomic E-state index is -4.27. The molecule has 1 aromatic carbocycles. The van der Waals surface area contributed by atoms with Crippen molar-refractivity contribution in [3.63, 3.8) is 0 Å². The quantitative estimate of drug-likeness (QED) is 0.744. The summed E-state index contributed by atoms with van der Waals surface area (Å²) in [5.74, 6) is 2.48. The van der Waals surface area contributed by atoms with Gasteiger partial charge in [0.05, 0.1) is 5.56 Å². The van der Waals surface area contributed by atoms with Crippen LogP contribution in [0, 0.1) is 23.2 Å². The van der Waals surface area contributed by atoms with E-state index in [1.807, 2.05) is 6.07 Å². The molecule has 4 bridgehead atoms. The molecule has 1 unspecified atom stereocenters. The van der Waals surface area contributed by atoms with Gasteiger partial charge in [0, 0.05) is 11.7 Å². The van der Waals surface area contributed by atoms with Crippen LogP contribution >= 0.6 is 0 Å². The fraction of sp³-hybridized carbons (Fsp3) is 0.684. The lowest BCUT2D eigenvalue weighted by atomic mass is 9.47. The fourth-order valence-electron chi connectivity index (χ4n) is 6.60. The van der Waals surface area contributed by atoms with Crippen LogP contribution in [0.1, 0.15) is 49.7 Å². The van der Waals surface area contributed by atoms with Gasteiger partial charge in [-0.2, -0.15) is 13.2 Å². The Morgan fingerprint density at radius 1 is 0.957 bits per heavy atom. The van der Waals surface area contributed by atoms with Crippen molar-refractivity contribution in [1.82, 2.24) is 0 Å². The number of fused-ring (bicyclic) bond motifs is 1. The maximum Gasteiger partial charge on any atom is 0.418 e. The normalized spacial score (nSPS) is 41.0. The molecule has 1 aliphatic heterocycles. The Kier molecular flexibility index (Phi) is 2.75. The molecule has 1 heterocycles. The lowest BCUT2D eigenvalue weighted by Gasteiger charge is -2.59. The van der Waals surface area contributed by atoms with Crippen molar-refractivity contribution in [3.8, 4) is 0 Å². The van der Waals surface area contributed by atoms with Crippen LogP contribution in [0.4, 0.5) is 18.9 Å². The van der Waals surface area contributed by atoms with Crippen molar-refractivity contribution in [3.05, 3.63) is 29.3 Å². The maximum absolute atomic E-state index is 13.3. The molecule has 1 nitrogen and oxygen atoms in total. The highest BCUT2D eigenvalue weighted by Crippen LogP contribution is 2.62. The molecular formula is C19H22F3N. The van der Waals surface area contributed by atoms with Gasteiger partial charge in [0.15, 0.2) is 0 Å². The molecule has 1 N–H and O–H groups in total. The van der Waals surface area contributed by atoms with Gasteiger partial charge >= 0.3 is 6.18 Å². The molecule has 1 atom stereocenters. The zero-order valence-electron chi connectivity index (χ0n) is 13.1. The molecule has 4 heteroatoms. The van der Waals surface area contributed by atoms with Crippen molar-refractivity contribution >= 4 is 5.69 Å². The molecule has 0 spiro atoms. The first-order chi connectivity index (χ1) is 10.9.